The third-order valence-electron chi connectivity index (χ3n) is 4.43. The number of amides is 1. The second-order valence-electron chi connectivity index (χ2n) is 6.23. The molecule has 0 spiro atoms. The Balaban J connectivity index is 1.51. The molecule has 2 saturated heterocycles. The number of aryl methyl sites for hydroxylation is 1. The van der Waals surface area contributed by atoms with Crippen LogP contribution in [0.2, 0.25) is 0 Å². The summed E-state index contributed by atoms with van der Waals surface area (Å²) in [6.07, 6.45) is 2.06. The molecule has 22 heavy (non-hydrogen) atoms. The summed E-state index contributed by atoms with van der Waals surface area (Å²) in [5.74, 6) is 3.12. The first-order valence-corrected chi connectivity index (χ1v) is 9.09. The average Bonchev–Trinajstić information content (AvgIpc) is 2.93. The molecule has 2 aliphatic heterocycles. The highest BCUT2D eigenvalue weighted by molar-refractivity contribution is 7.99. The number of thioether (sulfide) groups is 1. The Labute approximate surface area is 136 Å². The number of benzene rings is 1. The van der Waals surface area contributed by atoms with E-state index in [-0.39, 0.29) is 12.1 Å². The van der Waals surface area contributed by atoms with Crippen LogP contribution in [0.15, 0.2) is 24.3 Å². The van der Waals surface area contributed by atoms with Crippen LogP contribution in [0.5, 0.6) is 5.75 Å². The largest absolute Gasteiger partial charge is 0.490 e. The zero-order valence-corrected chi connectivity index (χ0v) is 14.1. The Hall–Kier alpha value is -1.20. The Bertz CT molecular complexity index is 529. The molecule has 0 radical (unpaired) electrons. The number of hydrogen-bond acceptors (Lipinski definition) is 4. The normalized spacial score (nSPS) is 23.7. The van der Waals surface area contributed by atoms with Crippen molar-refractivity contribution in [3.8, 4) is 5.75 Å². The molecule has 4 nitrogen and oxygen atoms in total. The molecule has 3 rings (SSSR count). The van der Waals surface area contributed by atoms with Crippen molar-refractivity contribution in [2.24, 2.45) is 0 Å². The SMILES string of the molecule is Cc1cccc(OC2CCN(C(=O)[C@@H]3CSCN3C)CC2)c1. The summed E-state index contributed by atoms with van der Waals surface area (Å²) in [6, 6.07) is 8.25. The third-order valence-corrected chi connectivity index (χ3v) is 5.57. The maximum Gasteiger partial charge on any atom is 0.240 e. The molecule has 2 aliphatic rings. The summed E-state index contributed by atoms with van der Waals surface area (Å²) < 4.78 is 6.06. The lowest BCUT2D eigenvalue weighted by Gasteiger charge is -2.34. The molecule has 2 heterocycles. The minimum Gasteiger partial charge on any atom is -0.490 e. The highest BCUT2D eigenvalue weighted by atomic mass is 32.2. The summed E-state index contributed by atoms with van der Waals surface area (Å²) in [4.78, 5) is 16.7. The molecule has 120 valence electrons. The fourth-order valence-corrected chi connectivity index (χ4v) is 4.26. The first-order chi connectivity index (χ1) is 10.6. The standard InChI is InChI=1S/C17H24N2O2S/c1-13-4-3-5-15(10-13)21-14-6-8-19(9-7-14)17(20)16-11-22-12-18(16)2/h3-5,10,14,16H,6-9,11-12H2,1-2H3/t16-/m0/s1. The number of ether oxygens (including phenoxy) is 1. The van der Waals surface area contributed by atoms with Gasteiger partial charge in [0.2, 0.25) is 5.91 Å². The molecule has 1 amide bonds. The van der Waals surface area contributed by atoms with Crippen LogP contribution in [-0.2, 0) is 4.79 Å². The van der Waals surface area contributed by atoms with Gasteiger partial charge < -0.3 is 9.64 Å². The number of carbonyl (C=O) groups is 1. The van der Waals surface area contributed by atoms with Crippen molar-refractivity contribution in [2.75, 3.05) is 31.8 Å². The average molecular weight is 320 g/mol. The van der Waals surface area contributed by atoms with Crippen LogP contribution in [0.4, 0.5) is 0 Å². The van der Waals surface area contributed by atoms with Crippen LogP contribution >= 0.6 is 11.8 Å². The predicted octanol–water partition coefficient (Wildman–Crippen LogP) is 2.37. The van der Waals surface area contributed by atoms with E-state index in [0.717, 1.165) is 43.3 Å². The fourth-order valence-electron chi connectivity index (χ4n) is 3.07. The van der Waals surface area contributed by atoms with Gasteiger partial charge in [0.25, 0.3) is 0 Å². The molecular formula is C17H24N2O2S. The summed E-state index contributed by atoms with van der Waals surface area (Å²) in [6.45, 7) is 3.69. The van der Waals surface area contributed by atoms with Crippen molar-refractivity contribution < 1.29 is 9.53 Å². The van der Waals surface area contributed by atoms with Crippen LogP contribution in [0, 0.1) is 6.92 Å². The van der Waals surface area contributed by atoms with Gasteiger partial charge in [-0.05, 0) is 31.7 Å². The highest BCUT2D eigenvalue weighted by Crippen LogP contribution is 2.24. The van der Waals surface area contributed by atoms with Gasteiger partial charge in [0.1, 0.15) is 11.9 Å². The highest BCUT2D eigenvalue weighted by Gasteiger charge is 2.33. The van der Waals surface area contributed by atoms with E-state index in [9.17, 15) is 4.79 Å². The second-order valence-corrected chi connectivity index (χ2v) is 7.23. The molecule has 0 bridgehead atoms. The molecule has 1 atom stereocenters. The van der Waals surface area contributed by atoms with E-state index >= 15 is 0 Å². The molecule has 0 saturated carbocycles. The van der Waals surface area contributed by atoms with Crippen molar-refractivity contribution in [1.82, 2.24) is 9.80 Å². The van der Waals surface area contributed by atoms with E-state index in [1.807, 2.05) is 35.8 Å². The van der Waals surface area contributed by atoms with Gasteiger partial charge in [0, 0.05) is 37.6 Å². The minimum atomic E-state index is 0.0687. The predicted molar refractivity (Wildman–Crippen MR) is 90.3 cm³/mol. The van der Waals surface area contributed by atoms with Gasteiger partial charge in [-0.25, -0.2) is 0 Å². The molecule has 0 unspecified atom stereocenters. The number of piperidine rings is 1. The van der Waals surface area contributed by atoms with Gasteiger partial charge >= 0.3 is 0 Å². The van der Waals surface area contributed by atoms with E-state index in [0.29, 0.717) is 5.91 Å². The Morgan fingerprint density at radius 1 is 1.32 bits per heavy atom. The van der Waals surface area contributed by atoms with E-state index in [1.165, 1.54) is 5.56 Å². The van der Waals surface area contributed by atoms with Gasteiger partial charge in [0.15, 0.2) is 0 Å². The zero-order chi connectivity index (χ0) is 15.5. The number of hydrogen-bond donors (Lipinski definition) is 0. The molecule has 1 aromatic carbocycles. The number of likely N-dealkylation sites (tertiary alicyclic amines) is 1. The number of likely N-dealkylation sites (N-methyl/N-ethyl adjacent to an activating group) is 1. The maximum atomic E-state index is 12.6. The lowest BCUT2D eigenvalue weighted by Crippen LogP contribution is -2.49. The van der Waals surface area contributed by atoms with E-state index < -0.39 is 0 Å². The van der Waals surface area contributed by atoms with E-state index in [2.05, 4.69) is 24.0 Å². The van der Waals surface area contributed by atoms with Gasteiger partial charge in [-0.1, -0.05) is 12.1 Å². The summed E-state index contributed by atoms with van der Waals surface area (Å²) in [5, 5.41) is 0. The summed E-state index contributed by atoms with van der Waals surface area (Å²) >= 11 is 1.84. The maximum absolute atomic E-state index is 12.6. The van der Waals surface area contributed by atoms with E-state index in [4.69, 9.17) is 4.74 Å². The van der Waals surface area contributed by atoms with Crippen LogP contribution in [0.1, 0.15) is 18.4 Å². The Morgan fingerprint density at radius 3 is 2.73 bits per heavy atom. The summed E-state index contributed by atoms with van der Waals surface area (Å²) in [5.41, 5.74) is 1.21. The first kappa shape index (κ1) is 15.7. The van der Waals surface area contributed by atoms with Crippen molar-refractivity contribution in [1.29, 1.82) is 0 Å². The fraction of sp³-hybridized carbons (Fsp3) is 0.588. The summed E-state index contributed by atoms with van der Waals surface area (Å²) in [7, 11) is 2.04. The van der Waals surface area contributed by atoms with Crippen LogP contribution in [-0.4, -0.2) is 59.6 Å². The number of rotatable bonds is 3. The first-order valence-electron chi connectivity index (χ1n) is 7.93. The molecule has 0 N–H and O–H groups in total. The molecule has 0 aliphatic carbocycles. The quantitative estimate of drug-likeness (QED) is 0.856. The van der Waals surface area contributed by atoms with Crippen molar-refractivity contribution in [3.05, 3.63) is 29.8 Å². The number of nitrogens with zero attached hydrogens (tertiary/aromatic N) is 2. The molecule has 0 aromatic heterocycles. The lowest BCUT2D eigenvalue weighted by molar-refractivity contribution is -0.136. The molecule has 5 heteroatoms. The second kappa shape index (κ2) is 6.92. The molecule has 1 aromatic rings. The Morgan fingerprint density at radius 2 is 2.09 bits per heavy atom. The third kappa shape index (κ3) is 3.58. The molecule has 2 fully saturated rings. The van der Waals surface area contributed by atoms with Gasteiger partial charge in [0.05, 0.1) is 6.04 Å². The van der Waals surface area contributed by atoms with Crippen molar-refractivity contribution in [2.45, 2.75) is 31.9 Å². The lowest BCUT2D eigenvalue weighted by atomic mass is 10.1. The van der Waals surface area contributed by atoms with Crippen LogP contribution < -0.4 is 4.74 Å². The van der Waals surface area contributed by atoms with Crippen LogP contribution in [0.25, 0.3) is 0 Å². The van der Waals surface area contributed by atoms with Crippen molar-refractivity contribution in [3.63, 3.8) is 0 Å². The monoisotopic (exact) mass is 320 g/mol. The van der Waals surface area contributed by atoms with Crippen molar-refractivity contribution >= 4 is 17.7 Å². The topological polar surface area (TPSA) is 32.8 Å². The minimum absolute atomic E-state index is 0.0687. The zero-order valence-electron chi connectivity index (χ0n) is 13.3. The van der Waals surface area contributed by atoms with Gasteiger partial charge in [-0.2, -0.15) is 0 Å². The van der Waals surface area contributed by atoms with Crippen LogP contribution in [0.3, 0.4) is 0 Å². The van der Waals surface area contributed by atoms with Gasteiger partial charge in [-0.3, -0.25) is 9.69 Å². The number of carbonyl (C=O) groups excluding carboxylic acids is 1. The smallest absolute Gasteiger partial charge is 0.240 e. The molecular weight excluding hydrogens is 296 g/mol. The van der Waals surface area contributed by atoms with Gasteiger partial charge in [-0.15, -0.1) is 11.8 Å². The van der Waals surface area contributed by atoms with E-state index in [1.54, 1.807) is 0 Å². The Kier molecular flexibility index (Phi) is 4.93.